The molecule has 0 aliphatic rings. The molecule has 30 heavy (non-hydrogen) atoms. The molecule has 0 unspecified atom stereocenters. The topological polar surface area (TPSA) is 61.2 Å². The zero-order chi connectivity index (χ0) is 22.2. The average Bonchev–Trinajstić information content (AvgIpc) is 2.67. The Balaban J connectivity index is 1.86. The predicted octanol–water partition coefficient (Wildman–Crippen LogP) is 5.00. The van der Waals surface area contributed by atoms with Gasteiger partial charge in [-0.2, -0.15) is 0 Å². The summed E-state index contributed by atoms with van der Waals surface area (Å²) >= 11 is 0. The fraction of sp³-hybridized carbons (Fsp3) is 0.400. The quantitative estimate of drug-likeness (QED) is 0.572. The highest BCUT2D eigenvalue weighted by Crippen LogP contribution is 2.27. The van der Waals surface area contributed by atoms with Crippen LogP contribution in [0.25, 0.3) is 11.0 Å². The van der Waals surface area contributed by atoms with Crippen molar-refractivity contribution in [1.82, 2.24) is 9.55 Å². The maximum Gasteiger partial charge on any atom is 0.338 e. The molecule has 1 aromatic heterocycles. The molecule has 2 aromatic carbocycles. The van der Waals surface area contributed by atoms with E-state index in [1.54, 1.807) is 29.7 Å². The molecule has 0 fully saturated rings. The molecule has 0 saturated heterocycles. The summed E-state index contributed by atoms with van der Waals surface area (Å²) in [6, 6.07) is 9.48. The van der Waals surface area contributed by atoms with Crippen LogP contribution in [0.1, 0.15) is 66.0 Å². The molecule has 3 rings (SSSR count). The fourth-order valence-electron chi connectivity index (χ4n) is 3.69. The third kappa shape index (κ3) is 4.16. The number of hydrogen-bond donors (Lipinski definition) is 0. The molecule has 0 saturated carbocycles. The van der Waals surface area contributed by atoms with Crippen LogP contribution in [0.5, 0.6) is 0 Å². The summed E-state index contributed by atoms with van der Waals surface area (Å²) in [5.74, 6) is -0.399. The van der Waals surface area contributed by atoms with Gasteiger partial charge in [-0.1, -0.05) is 32.9 Å². The smallest absolute Gasteiger partial charge is 0.338 e. The van der Waals surface area contributed by atoms with Crippen molar-refractivity contribution in [2.45, 2.75) is 67.0 Å². The van der Waals surface area contributed by atoms with Crippen molar-refractivity contribution in [2.75, 3.05) is 0 Å². The first-order valence-electron chi connectivity index (χ1n) is 10.3. The largest absolute Gasteiger partial charge is 0.457 e. The van der Waals surface area contributed by atoms with Gasteiger partial charge in [0.1, 0.15) is 12.3 Å². The van der Waals surface area contributed by atoms with Crippen LogP contribution in [-0.4, -0.2) is 15.5 Å². The SMILES string of the molecule is CCn1c(=O)c(C)nc2cc(C(=O)OCc3c(C)cc(C(C)(C)C)cc3C)ccc21. The van der Waals surface area contributed by atoms with Crippen LogP contribution in [0, 0.1) is 20.8 Å². The van der Waals surface area contributed by atoms with Crippen LogP contribution < -0.4 is 5.56 Å². The summed E-state index contributed by atoms with van der Waals surface area (Å²) in [6.07, 6.45) is 0. The lowest BCUT2D eigenvalue weighted by Gasteiger charge is -2.22. The maximum absolute atomic E-state index is 12.7. The van der Waals surface area contributed by atoms with E-state index in [1.165, 1.54) is 5.56 Å². The van der Waals surface area contributed by atoms with Crippen molar-refractivity contribution in [3.8, 4) is 0 Å². The van der Waals surface area contributed by atoms with Crippen LogP contribution in [0.3, 0.4) is 0 Å². The second kappa shape index (κ2) is 8.05. The lowest BCUT2D eigenvalue weighted by molar-refractivity contribution is 0.0471. The molecule has 158 valence electrons. The molecule has 0 N–H and O–H groups in total. The summed E-state index contributed by atoms with van der Waals surface area (Å²) in [6.45, 7) is 15.0. The van der Waals surface area contributed by atoms with E-state index < -0.39 is 5.97 Å². The molecule has 0 amide bonds. The number of esters is 1. The van der Waals surface area contributed by atoms with Gasteiger partial charge in [0.25, 0.3) is 5.56 Å². The molecule has 0 atom stereocenters. The highest BCUT2D eigenvalue weighted by molar-refractivity contribution is 5.93. The number of benzene rings is 2. The predicted molar refractivity (Wildman–Crippen MR) is 120 cm³/mol. The number of hydrogen-bond acceptors (Lipinski definition) is 4. The van der Waals surface area contributed by atoms with E-state index in [0.29, 0.717) is 28.8 Å². The first-order chi connectivity index (χ1) is 14.0. The van der Waals surface area contributed by atoms with Gasteiger partial charge in [-0.25, -0.2) is 9.78 Å². The van der Waals surface area contributed by atoms with E-state index in [2.05, 4.69) is 51.7 Å². The van der Waals surface area contributed by atoms with E-state index in [9.17, 15) is 9.59 Å². The number of ether oxygens (including phenoxy) is 1. The summed E-state index contributed by atoms with van der Waals surface area (Å²) in [5.41, 5.74) is 6.68. The summed E-state index contributed by atoms with van der Waals surface area (Å²) < 4.78 is 7.29. The van der Waals surface area contributed by atoms with Crippen molar-refractivity contribution in [3.63, 3.8) is 0 Å². The molecule has 1 heterocycles. The van der Waals surface area contributed by atoms with Crippen molar-refractivity contribution in [1.29, 1.82) is 0 Å². The maximum atomic E-state index is 12.7. The minimum absolute atomic E-state index is 0.0697. The van der Waals surface area contributed by atoms with Crippen molar-refractivity contribution >= 4 is 17.0 Å². The van der Waals surface area contributed by atoms with E-state index in [4.69, 9.17) is 4.74 Å². The fourth-order valence-corrected chi connectivity index (χ4v) is 3.69. The molecule has 0 spiro atoms. The highest BCUT2D eigenvalue weighted by Gasteiger charge is 2.18. The van der Waals surface area contributed by atoms with Gasteiger partial charge in [0.05, 0.1) is 16.6 Å². The van der Waals surface area contributed by atoms with Crippen LogP contribution in [-0.2, 0) is 23.3 Å². The van der Waals surface area contributed by atoms with E-state index in [0.717, 1.165) is 16.7 Å². The Hall–Kier alpha value is -2.95. The Kier molecular flexibility index (Phi) is 5.84. The Morgan fingerprint density at radius 3 is 2.27 bits per heavy atom. The number of aromatic nitrogens is 2. The summed E-state index contributed by atoms with van der Waals surface area (Å²) in [5, 5.41) is 0. The molecule has 3 aromatic rings. The molecular formula is C25H30N2O3. The van der Waals surface area contributed by atoms with E-state index >= 15 is 0 Å². The lowest BCUT2D eigenvalue weighted by Crippen LogP contribution is -2.23. The normalized spacial score (nSPS) is 11.7. The number of carbonyl (C=O) groups excluding carboxylic acids is 1. The lowest BCUT2D eigenvalue weighted by atomic mass is 9.84. The van der Waals surface area contributed by atoms with Gasteiger partial charge in [0, 0.05) is 6.54 Å². The number of carbonyl (C=O) groups is 1. The minimum Gasteiger partial charge on any atom is -0.457 e. The molecule has 5 nitrogen and oxygen atoms in total. The minimum atomic E-state index is -0.399. The molecule has 0 radical (unpaired) electrons. The molecule has 0 aliphatic heterocycles. The van der Waals surface area contributed by atoms with E-state index in [-0.39, 0.29) is 17.6 Å². The van der Waals surface area contributed by atoms with Gasteiger partial charge in [-0.15, -0.1) is 0 Å². The Morgan fingerprint density at radius 2 is 1.70 bits per heavy atom. The highest BCUT2D eigenvalue weighted by atomic mass is 16.5. The molecule has 5 heteroatoms. The zero-order valence-electron chi connectivity index (χ0n) is 18.9. The zero-order valence-corrected chi connectivity index (χ0v) is 18.9. The van der Waals surface area contributed by atoms with Gasteiger partial charge >= 0.3 is 5.97 Å². The summed E-state index contributed by atoms with van der Waals surface area (Å²) in [7, 11) is 0. The van der Waals surface area contributed by atoms with Crippen LogP contribution >= 0.6 is 0 Å². The second-order valence-corrected chi connectivity index (χ2v) is 8.86. The number of aryl methyl sites for hydroxylation is 4. The Bertz CT molecular complexity index is 1160. The second-order valence-electron chi connectivity index (χ2n) is 8.86. The van der Waals surface area contributed by atoms with Crippen LogP contribution in [0.4, 0.5) is 0 Å². The van der Waals surface area contributed by atoms with Crippen molar-refractivity contribution in [3.05, 3.63) is 74.2 Å². The molecule has 0 bridgehead atoms. The average molecular weight is 407 g/mol. The number of nitrogens with zero attached hydrogens (tertiary/aromatic N) is 2. The third-order valence-electron chi connectivity index (χ3n) is 5.57. The third-order valence-corrected chi connectivity index (χ3v) is 5.57. The van der Waals surface area contributed by atoms with Crippen molar-refractivity contribution < 1.29 is 9.53 Å². The standard InChI is InChI=1S/C25H30N2O3/c1-8-27-22-10-9-18(13-21(22)26-17(4)23(27)28)24(29)30-14-20-15(2)11-19(12-16(20)3)25(5,6)7/h9-13H,8,14H2,1-7H3. The Labute approximate surface area is 177 Å². The molecular weight excluding hydrogens is 376 g/mol. The van der Waals surface area contributed by atoms with Crippen LogP contribution in [0.2, 0.25) is 0 Å². The van der Waals surface area contributed by atoms with Gasteiger partial charge in [-0.3, -0.25) is 4.79 Å². The van der Waals surface area contributed by atoms with Crippen molar-refractivity contribution in [2.24, 2.45) is 0 Å². The van der Waals surface area contributed by atoms with Crippen LogP contribution in [0.15, 0.2) is 35.1 Å². The van der Waals surface area contributed by atoms with Gasteiger partial charge in [0.15, 0.2) is 0 Å². The summed E-state index contributed by atoms with van der Waals surface area (Å²) in [4.78, 5) is 29.3. The van der Waals surface area contributed by atoms with Gasteiger partial charge < -0.3 is 9.30 Å². The first-order valence-corrected chi connectivity index (χ1v) is 10.3. The molecule has 0 aliphatic carbocycles. The number of rotatable bonds is 4. The van der Waals surface area contributed by atoms with E-state index in [1.807, 2.05) is 6.92 Å². The Morgan fingerprint density at radius 1 is 1.07 bits per heavy atom. The first kappa shape index (κ1) is 21.8. The van der Waals surface area contributed by atoms with Gasteiger partial charge in [-0.05, 0) is 73.6 Å². The van der Waals surface area contributed by atoms with Gasteiger partial charge in [0.2, 0.25) is 0 Å². The monoisotopic (exact) mass is 406 g/mol. The number of fused-ring (bicyclic) bond motifs is 1.